The van der Waals surface area contributed by atoms with Gasteiger partial charge >= 0.3 is 0 Å². The van der Waals surface area contributed by atoms with Gasteiger partial charge in [-0.3, -0.25) is 4.98 Å². The predicted octanol–water partition coefficient (Wildman–Crippen LogP) is 1.66. The topological polar surface area (TPSA) is 28.2 Å². The molecule has 0 saturated carbocycles. The van der Waals surface area contributed by atoms with Crippen LogP contribution in [0.4, 0.5) is 5.69 Å². The first-order valence-corrected chi connectivity index (χ1v) is 6.24. The van der Waals surface area contributed by atoms with Gasteiger partial charge in [0.2, 0.25) is 0 Å². The molecule has 16 heavy (non-hydrogen) atoms. The van der Waals surface area contributed by atoms with E-state index in [1.807, 2.05) is 18.5 Å². The van der Waals surface area contributed by atoms with Crippen molar-refractivity contribution in [2.75, 3.05) is 31.1 Å². The van der Waals surface area contributed by atoms with Crippen molar-refractivity contribution >= 4 is 5.69 Å². The molecule has 3 nitrogen and oxygen atoms in total. The maximum atomic E-state index is 4.21. The largest absolute Gasteiger partial charge is 0.370 e. The van der Waals surface area contributed by atoms with Crippen LogP contribution in [0.2, 0.25) is 0 Å². The van der Waals surface area contributed by atoms with Crippen LogP contribution < -0.4 is 10.2 Å². The molecule has 2 aliphatic rings. The number of hydrogen-bond acceptors (Lipinski definition) is 3. The number of anilines is 1. The second-order valence-corrected chi connectivity index (χ2v) is 5.13. The van der Waals surface area contributed by atoms with Gasteiger partial charge in [-0.25, -0.2) is 0 Å². The summed E-state index contributed by atoms with van der Waals surface area (Å²) in [5.74, 6) is 0. The van der Waals surface area contributed by atoms with Gasteiger partial charge in [0.1, 0.15) is 0 Å². The van der Waals surface area contributed by atoms with Crippen LogP contribution in [0.1, 0.15) is 19.3 Å². The van der Waals surface area contributed by atoms with Crippen LogP contribution in [-0.4, -0.2) is 31.2 Å². The molecular formula is C13H19N3. The Kier molecular flexibility index (Phi) is 2.56. The molecule has 0 radical (unpaired) electrons. The van der Waals surface area contributed by atoms with Gasteiger partial charge in [-0.15, -0.1) is 0 Å². The summed E-state index contributed by atoms with van der Waals surface area (Å²) >= 11 is 0. The second-order valence-electron chi connectivity index (χ2n) is 5.13. The van der Waals surface area contributed by atoms with E-state index in [4.69, 9.17) is 0 Å². The Morgan fingerprint density at radius 3 is 2.88 bits per heavy atom. The van der Waals surface area contributed by atoms with Crippen molar-refractivity contribution in [2.24, 2.45) is 5.41 Å². The molecule has 2 fully saturated rings. The number of rotatable bonds is 1. The van der Waals surface area contributed by atoms with Gasteiger partial charge in [0.05, 0.1) is 11.9 Å². The first-order valence-electron chi connectivity index (χ1n) is 6.24. The molecule has 0 aliphatic carbocycles. The molecule has 0 aromatic carbocycles. The van der Waals surface area contributed by atoms with Gasteiger partial charge in [-0.1, -0.05) is 0 Å². The highest BCUT2D eigenvalue weighted by molar-refractivity contribution is 5.45. The van der Waals surface area contributed by atoms with Crippen LogP contribution in [0.15, 0.2) is 24.5 Å². The second kappa shape index (κ2) is 4.06. The minimum Gasteiger partial charge on any atom is -0.370 e. The zero-order valence-corrected chi connectivity index (χ0v) is 9.65. The number of pyridine rings is 1. The van der Waals surface area contributed by atoms with Crippen LogP contribution in [-0.2, 0) is 0 Å². The highest BCUT2D eigenvalue weighted by atomic mass is 15.2. The molecule has 3 heteroatoms. The molecule has 3 rings (SSSR count). The fourth-order valence-corrected chi connectivity index (χ4v) is 3.06. The third-order valence-corrected chi connectivity index (χ3v) is 4.11. The SMILES string of the molecule is c1cncc(N2CCC3(CCNCC3)C2)c1. The van der Waals surface area contributed by atoms with Crippen LogP contribution >= 0.6 is 0 Å². The summed E-state index contributed by atoms with van der Waals surface area (Å²) in [6.07, 6.45) is 7.86. The molecule has 3 heterocycles. The third-order valence-electron chi connectivity index (χ3n) is 4.11. The van der Waals surface area contributed by atoms with Crippen molar-refractivity contribution in [2.45, 2.75) is 19.3 Å². The lowest BCUT2D eigenvalue weighted by Crippen LogP contribution is -2.38. The highest BCUT2D eigenvalue weighted by Crippen LogP contribution is 2.39. The maximum Gasteiger partial charge on any atom is 0.0552 e. The first-order chi connectivity index (χ1) is 7.88. The van der Waals surface area contributed by atoms with E-state index in [-0.39, 0.29) is 0 Å². The molecule has 0 bridgehead atoms. The average molecular weight is 217 g/mol. The summed E-state index contributed by atoms with van der Waals surface area (Å²) in [6.45, 7) is 4.81. The van der Waals surface area contributed by atoms with E-state index in [1.54, 1.807) is 0 Å². The van der Waals surface area contributed by atoms with E-state index >= 15 is 0 Å². The molecule has 1 N–H and O–H groups in total. The number of nitrogens with zero attached hydrogens (tertiary/aromatic N) is 2. The van der Waals surface area contributed by atoms with Gasteiger partial charge in [0.25, 0.3) is 0 Å². The van der Waals surface area contributed by atoms with Crippen LogP contribution in [0.5, 0.6) is 0 Å². The zero-order chi connectivity index (χ0) is 10.8. The van der Waals surface area contributed by atoms with E-state index in [2.05, 4.69) is 21.3 Å². The van der Waals surface area contributed by atoms with Crippen molar-refractivity contribution in [3.05, 3.63) is 24.5 Å². The van der Waals surface area contributed by atoms with E-state index in [0.717, 1.165) is 0 Å². The minimum atomic E-state index is 0.584. The molecule has 0 unspecified atom stereocenters. The number of nitrogens with one attached hydrogen (secondary N) is 1. The number of piperidine rings is 1. The van der Waals surface area contributed by atoms with Crippen molar-refractivity contribution in [3.8, 4) is 0 Å². The summed E-state index contributed by atoms with van der Waals surface area (Å²) in [5, 5.41) is 3.46. The van der Waals surface area contributed by atoms with Crippen molar-refractivity contribution < 1.29 is 0 Å². The Balaban J connectivity index is 1.73. The fourth-order valence-electron chi connectivity index (χ4n) is 3.06. The zero-order valence-electron chi connectivity index (χ0n) is 9.65. The fraction of sp³-hybridized carbons (Fsp3) is 0.615. The lowest BCUT2D eigenvalue weighted by molar-refractivity contribution is 0.232. The van der Waals surface area contributed by atoms with E-state index in [0.29, 0.717) is 5.41 Å². The molecule has 86 valence electrons. The summed E-state index contributed by atoms with van der Waals surface area (Å²) in [4.78, 5) is 6.71. The van der Waals surface area contributed by atoms with Crippen LogP contribution in [0.3, 0.4) is 0 Å². The molecule has 0 amide bonds. The third kappa shape index (κ3) is 1.80. The number of hydrogen-bond donors (Lipinski definition) is 1. The summed E-state index contributed by atoms with van der Waals surface area (Å²) in [7, 11) is 0. The smallest absolute Gasteiger partial charge is 0.0552 e. The quantitative estimate of drug-likeness (QED) is 0.775. The van der Waals surface area contributed by atoms with Gasteiger partial charge < -0.3 is 10.2 Å². The Bertz CT molecular complexity index is 343. The Morgan fingerprint density at radius 1 is 1.25 bits per heavy atom. The lowest BCUT2D eigenvalue weighted by atomic mass is 9.78. The Labute approximate surface area is 96.9 Å². The van der Waals surface area contributed by atoms with Crippen molar-refractivity contribution in [1.29, 1.82) is 0 Å². The standard InChI is InChI=1S/C13H19N3/c1-2-12(10-15-6-1)16-9-5-13(11-16)3-7-14-8-4-13/h1-2,6,10,14H,3-5,7-9,11H2. The molecular weight excluding hydrogens is 198 g/mol. The van der Waals surface area contributed by atoms with Gasteiger partial charge in [-0.05, 0) is 49.9 Å². The highest BCUT2D eigenvalue weighted by Gasteiger charge is 2.38. The summed E-state index contributed by atoms with van der Waals surface area (Å²) < 4.78 is 0. The lowest BCUT2D eigenvalue weighted by Gasteiger charge is -2.34. The molecule has 1 aromatic rings. The van der Waals surface area contributed by atoms with E-state index in [9.17, 15) is 0 Å². The number of aromatic nitrogens is 1. The molecule has 1 spiro atoms. The predicted molar refractivity (Wildman–Crippen MR) is 65.6 cm³/mol. The first kappa shape index (κ1) is 10.1. The molecule has 2 saturated heterocycles. The normalized spacial score (nSPS) is 23.9. The van der Waals surface area contributed by atoms with Crippen molar-refractivity contribution in [3.63, 3.8) is 0 Å². The van der Waals surface area contributed by atoms with Crippen molar-refractivity contribution in [1.82, 2.24) is 10.3 Å². The molecule has 1 aromatic heterocycles. The summed E-state index contributed by atoms with van der Waals surface area (Å²) in [6, 6.07) is 4.20. The maximum absolute atomic E-state index is 4.21. The van der Waals surface area contributed by atoms with Gasteiger partial charge in [-0.2, -0.15) is 0 Å². The Hall–Kier alpha value is -1.09. The molecule has 0 atom stereocenters. The van der Waals surface area contributed by atoms with Crippen LogP contribution in [0, 0.1) is 5.41 Å². The van der Waals surface area contributed by atoms with E-state index < -0.39 is 0 Å². The van der Waals surface area contributed by atoms with Gasteiger partial charge in [0, 0.05) is 19.3 Å². The Morgan fingerprint density at radius 2 is 2.12 bits per heavy atom. The monoisotopic (exact) mass is 217 g/mol. The average Bonchev–Trinajstić information content (AvgIpc) is 2.75. The van der Waals surface area contributed by atoms with Crippen LogP contribution in [0.25, 0.3) is 0 Å². The molecule has 2 aliphatic heterocycles. The van der Waals surface area contributed by atoms with E-state index in [1.165, 1.54) is 51.1 Å². The van der Waals surface area contributed by atoms with Gasteiger partial charge in [0.15, 0.2) is 0 Å². The summed E-state index contributed by atoms with van der Waals surface area (Å²) in [5.41, 5.74) is 1.87. The minimum absolute atomic E-state index is 0.584.